The number of aromatic hydroxyl groups is 1. The van der Waals surface area contributed by atoms with Crippen molar-refractivity contribution in [3.63, 3.8) is 0 Å². The van der Waals surface area contributed by atoms with Gasteiger partial charge in [-0.05, 0) is 48.2 Å². The Morgan fingerprint density at radius 1 is 1.00 bits per heavy atom. The van der Waals surface area contributed by atoms with Crippen molar-refractivity contribution in [3.8, 4) is 34.1 Å². The van der Waals surface area contributed by atoms with Crippen molar-refractivity contribution >= 4 is 0 Å². The summed E-state index contributed by atoms with van der Waals surface area (Å²) in [6.45, 7) is 2.02. The number of methoxy groups -OCH3 is 3. The van der Waals surface area contributed by atoms with Gasteiger partial charge in [-0.3, -0.25) is 4.79 Å². The highest BCUT2D eigenvalue weighted by atomic mass is 16.5. The average molecular weight is 400 g/mol. The predicted molar refractivity (Wildman–Crippen MR) is 113 cm³/mol. The van der Waals surface area contributed by atoms with E-state index in [-0.39, 0.29) is 17.2 Å². The normalized spacial score (nSPS) is 15.8. The molecule has 2 aromatic carbocycles. The molecule has 1 aliphatic carbocycles. The molecule has 0 fully saturated rings. The van der Waals surface area contributed by atoms with Gasteiger partial charge in [0, 0.05) is 17.5 Å². The van der Waals surface area contributed by atoms with E-state index in [1.54, 1.807) is 27.4 Å². The molecular formula is C23H30NO5+. The monoisotopic (exact) mass is 400 g/mol. The number of ether oxygens (including phenoxy) is 3. The van der Waals surface area contributed by atoms with Crippen LogP contribution in [0.1, 0.15) is 29.2 Å². The minimum Gasteiger partial charge on any atom is -0.504 e. The summed E-state index contributed by atoms with van der Waals surface area (Å²) < 4.78 is 17.8. The van der Waals surface area contributed by atoms with Gasteiger partial charge in [0.15, 0.2) is 17.2 Å². The van der Waals surface area contributed by atoms with Gasteiger partial charge in [-0.1, -0.05) is 0 Å². The summed E-state index contributed by atoms with van der Waals surface area (Å²) in [4.78, 5) is 12.5. The molecule has 0 saturated heterocycles. The molecule has 6 nitrogen and oxygen atoms in total. The average Bonchev–Trinajstić information content (AvgIpc) is 2.91. The third-order valence-corrected chi connectivity index (χ3v) is 5.84. The van der Waals surface area contributed by atoms with E-state index in [0.29, 0.717) is 21.7 Å². The van der Waals surface area contributed by atoms with Crippen molar-refractivity contribution in [2.45, 2.75) is 25.8 Å². The highest BCUT2D eigenvalue weighted by Crippen LogP contribution is 2.53. The Morgan fingerprint density at radius 3 is 2.17 bits per heavy atom. The lowest BCUT2D eigenvalue weighted by Crippen LogP contribution is -2.39. The highest BCUT2D eigenvalue weighted by molar-refractivity contribution is 5.84. The standard InChI is InChI=1S/C23H29NO5/c1-13-14-8-10-17(24(2,3)4)16-12-19(26)18(25)11-9-15(16)20(14)22(28-6)23(29-7)21(13)27-5/h9,11-12,17H,8,10H2,1-7H3/p+1/t17-/m0/s1. The smallest absolute Gasteiger partial charge is 0.220 e. The fourth-order valence-electron chi connectivity index (χ4n) is 4.45. The maximum absolute atomic E-state index is 12.5. The van der Waals surface area contributed by atoms with Crippen LogP contribution in [0.15, 0.2) is 23.0 Å². The van der Waals surface area contributed by atoms with Crippen molar-refractivity contribution < 1.29 is 23.8 Å². The number of rotatable bonds is 4. The van der Waals surface area contributed by atoms with E-state index in [4.69, 9.17) is 14.2 Å². The van der Waals surface area contributed by atoms with Crippen LogP contribution in [0.2, 0.25) is 0 Å². The molecule has 1 N–H and O–H groups in total. The molecule has 1 aliphatic rings. The molecule has 1 atom stereocenters. The number of fused-ring (bicyclic) bond motifs is 3. The summed E-state index contributed by atoms with van der Waals surface area (Å²) in [6.07, 6.45) is 1.64. The molecule has 0 heterocycles. The van der Waals surface area contributed by atoms with Crippen LogP contribution in [0.3, 0.4) is 0 Å². The second-order valence-electron chi connectivity index (χ2n) is 8.35. The number of quaternary nitrogens is 1. The molecule has 0 spiro atoms. The molecule has 0 amide bonds. The van der Waals surface area contributed by atoms with E-state index in [0.717, 1.165) is 40.7 Å². The fraction of sp³-hybridized carbons (Fsp3) is 0.435. The zero-order valence-electron chi connectivity index (χ0n) is 18.3. The zero-order chi connectivity index (χ0) is 21.5. The van der Waals surface area contributed by atoms with Crippen LogP contribution in [-0.4, -0.2) is 52.1 Å². The maximum atomic E-state index is 12.5. The molecule has 6 heteroatoms. The minimum absolute atomic E-state index is 0.0676. The quantitative estimate of drug-likeness (QED) is 0.797. The van der Waals surface area contributed by atoms with Gasteiger partial charge < -0.3 is 23.8 Å². The Bertz CT molecular complexity index is 1010. The van der Waals surface area contributed by atoms with Gasteiger partial charge in [0.2, 0.25) is 11.2 Å². The summed E-state index contributed by atoms with van der Waals surface area (Å²) in [5.41, 5.74) is 4.37. The zero-order valence-corrected chi connectivity index (χ0v) is 18.3. The Morgan fingerprint density at radius 2 is 1.62 bits per heavy atom. The largest absolute Gasteiger partial charge is 0.504 e. The predicted octanol–water partition coefficient (Wildman–Crippen LogP) is 3.45. The number of benzene rings is 1. The van der Waals surface area contributed by atoms with Gasteiger partial charge in [0.25, 0.3) is 0 Å². The summed E-state index contributed by atoms with van der Waals surface area (Å²) in [5.74, 6) is 1.49. The van der Waals surface area contributed by atoms with Gasteiger partial charge in [0.1, 0.15) is 6.04 Å². The molecule has 3 rings (SSSR count). The molecule has 156 valence electrons. The van der Waals surface area contributed by atoms with Crippen LogP contribution in [0.5, 0.6) is 23.0 Å². The third-order valence-electron chi connectivity index (χ3n) is 5.84. The van der Waals surface area contributed by atoms with Crippen LogP contribution in [-0.2, 0) is 6.42 Å². The van der Waals surface area contributed by atoms with Crippen LogP contribution >= 0.6 is 0 Å². The van der Waals surface area contributed by atoms with E-state index < -0.39 is 0 Å². The molecule has 0 saturated carbocycles. The first kappa shape index (κ1) is 21.0. The Hall–Kier alpha value is -2.73. The molecule has 29 heavy (non-hydrogen) atoms. The van der Waals surface area contributed by atoms with E-state index in [1.807, 2.05) is 13.0 Å². The molecule has 0 bridgehead atoms. The van der Waals surface area contributed by atoms with Gasteiger partial charge in [-0.2, -0.15) is 0 Å². The van der Waals surface area contributed by atoms with Crippen LogP contribution in [0.25, 0.3) is 11.1 Å². The Kier molecular flexibility index (Phi) is 5.50. The lowest BCUT2D eigenvalue weighted by atomic mass is 9.92. The van der Waals surface area contributed by atoms with Crippen LogP contribution < -0.4 is 19.6 Å². The lowest BCUT2D eigenvalue weighted by Gasteiger charge is -2.34. The van der Waals surface area contributed by atoms with Crippen molar-refractivity contribution in [2.75, 3.05) is 42.5 Å². The summed E-state index contributed by atoms with van der Waals surface area (Å²) in [5, 5.41) is 10.1. The summed E-state index contributed by atoms with van der Waals surface area (Å²) >= 11 is 0. The van der Waals surface area contributed by atoms with Gasteiger partial charge in [-0.25, -0.2) is 0 Å². The Labute approximate surface area is 171 Å². The van der Waals surface area contributed by atoms with Crippen molar-refractivity contribution in [3.05, 3.63) is 45.1 Å². The second-order valence-corrected chi connectivity index (χ2v) is 8.35. The minimum atomic E-state index is -0.385. The van der Waals surface area contributed by atoms with E-state index in [1.165, 1.54) is 6.07 Å². The fourth-order valence-corrected chi connectivity index (χ4v) is 4.45. The Balaban J connectivity index is 2.53. The summed E-state index contributed by atoms with van der Waals surface area (Å²) in [6, 6.07) is 4.92. The van der Waals surface area contributed by atoms with Crippen molar-refractivity contribution in [1.29, 1.82) is 0 Å². The second kappa shape index (κ2) is 7.59. The SMILES string of the molecule is COc1c(C)c2c(c(OC)c1OC)-c1ccc(O)c(=O)cc1[C@@H]([N+](C)(C)C)CC2. The molecule has 0 radical (unpaired) electrons. The van der Waals surface area contributed by atoms with Crippen LogP contribution in [0.4, 0.5) is 0 Å². The van der Waals surface area contributed by atoms with E-state index in [2.05, 4.69) is 21.1 Å². The van der Waals surface area contributed by atoms with Crippen molar-refractivity contribution in [1.82, 2.24) is 0 Å². The molecule has 0 aromatic heterocycles. The van der Waals surface area contributed by atoms with Crippen molar-refractivity contribution in [2.24, 2.45) is 0 Å². The maximum Gasteiger partial charge on any atom is 0.220 e. The van der Waals surface area contributed by atoms with Gasteiger partial charge in [-0.15, -0.1) is 0 Å². The molecule has 0 aliphatic heterocycles. The number of hydrogen-bond donors (Lipinski definition) is 1. The summed E-state index contributed by atoms with van der Waals surface area (Å²) in [7, 11) is 11.2. The van der Waals surface area contributed by atoms with Gasteiger partial charge in [0.05, 0.1) is 42.5 Å². The molecular weight excluding hydrogens is 370 g/mol. The first-order valence-corrected chi connectivity index (χ1v) is 9.65. The molecule has 2 aromatic rings. The first-order valence-electron chi connectivity index (χ1n) is 9.65. The van der Waals surface area contributed by atoms with Gasteiger partial charge >= 0.3 is 0 Å². The molecule has 0 unspecified atom stereocenters. The van der Waals surface area contributed by atoms with E-state index in [9.17, 15) is 9.90 Å². The topological polar surface area (TPSA) is 65.0 Å². The number of hydrogen-bond acceptors (Lipinski definition) is 5. The lowest BCUT2D eigenvalue weighted by molar-refractivity contribution is -0.902. The highest BCUT2D eigenvalue weighted by Gasteiger charge is 2.35. The van der Waals surface area contributed by atoms with Crippen LogP contribution in [0, 0.1) is 6.92 Å². The van der Waals surface area contributed by atoms with E-state index >= 15 is 0 Å². The first-order chi connectivity index (χ1) is 13.6. The third kappa shape index (κ3) is 3.42. The number of nitrogens with zero attached hydrogens (tertiary/aromatic N) is 1.